The summed E-state index contributed by atoms with van der Waals surface area (Å²) in [5.74, 6) is -2.50. The van der Waals surface area contributed by atoms with Gasteiger partial charge in [-0.1, -0.05) is 11.6 Å². The topological polar surface area (TPSA) is 124 Å². The number of nitrogens with two attached hydrogens (primary N) is 1. The van der Waals surface area contributed by atoms with Crippen LogP contribution in [0, 0.1) is 5.82 Å². The van der Waals surface area contributed by atoms with E-state index in [1.165, 1.54) is 13.1 Å². The van der Waals surface area contributed by atoms with Crippen LogP contribution in [-0.4, -0.2) is 47.3 Å². The summed E-state index contributed by atoms with van der Waals surface area (Å²) in [5, 5.41) is 2.55. The Kier molecular flexibility index (Phi) is 5.28. The fourth-order valence-electron chi connectivity index (χ4n) is 3.58. The molecule has 0 aliphatic carbocycles. The fourth-order valence-corrected chi connectivity index (χ4v) is 3.78. The number of ether oxygens (including phenoxy) is 3. The van der Waals surface area contributed by atoms with E-state index in [-0.39, 0.29) is 27.3 Å². The van der Waals surface area contributed by atoms with Crippen LogP contribution >= 0.6 is 11.6 Å². The second kappa shape index (κ2) is 9.47. The molecule has 4 rings (SSSR count). The zero-order valence-electron chi connectivity index (χ0n) is 24.1. The van der Waals surface area contributed by atoms with Crippen molar-refractivity contribution in [3.8, 4) is 5.88 Å². The fraction of sp³-hybridized carbons (Fsp3) is 0.348. The Labute approximate surface area is 220 Å². The monoisotopic (exact) mass is 548 g/mol. The van der Waals surface area contributed by atoms with Crippen LogP contribution in [0.2, 0.25) is 5.02 Å². The largest absolute Gasteiger partial charge is 0.424 e. The summed E-state index contributed by atoms with van der Waals surface area (Å²) in [5.41, 5.74) is 0.0944. The second-order valence-electron chi connectivity index (χ2n) is 8.38. The van der Waals surface area contributed by atoms with Crippen molar-refractivity contribution in [3.63, 3.8) is 0 Å². The maximum atomic E-state index is 14.8. The Morgan fingerprint density at radius 1 is 1.41 bits per heavy atom. The number of anilines is 1. The van der Waals surface area contributed by atoms with Crippen molar-refractivity contribution in [2.24, 2.45) is 10.7 Å². The molecule has 1 aliphatic rings. The van der Waals surface area contributed by atoms with Gasteiger partial charge in [0.2, 0.25) is 11.5 Å². The van der Waals surface area contributed by atoms with E-state index in [1.54, 1.807) is 0 Å². The first-order valence-electron chi connectivity index (χ1n) is 12.9. The molecule has 0 fully saturated rings. The molecule has 2 unspecified atom stereocenters. The molecule has 14 heteroatoms. The number of benzene rings is 1. The first-order valence-corrected chi connectivity index (χ1v) is 10.8. The van der Waals surface area contributed by atoms with Gasteiger partial charge in [-0.2, -0.15) is 18.2 Å². The maximum Gasteiger partial charge on any atom is 0.424 e. The number of methoxy groups -OCH3 is 1. The van der Waals surface area contributed by atoms with E-state index in [1.807, 2.05) is 0 Å². The van der Waals surface area contributed by atoms with Crippen LogP contribution in [0.5, 0.6) is 5.88 Å². The van der Waals surface area contributed by atoms with E-state index in [0.29, 0.717) is 6.92 Å². The van der Waals surface area contributed by atoms with Gasteiger partial charge in [0.1, 0.15) is 22.8 Å². The molecular formula is C23H22ClF4N5O4. The molecule has 2 atom stereocenters. The molecule has 0 saturated carbocycles. The van der Waals surface area contributed by atoms with Crippen molar-refractivity contribution < 1.29 is 43.4 Å². The predicted octanol–water partition coefficient (Wildman–Crippen LogP) is 5.04. The molecule has 0 radical (unpaired) electrons. The minimum atomic E-state index is -4.89. The van der Waals surface area contributed by atoms with Gasteiger partial charge in [-0.25, -0.2) is 9.18 Å². The van der Waals surface area contributed by atoms with Crippen molar-refractivity contribution in [1.82, 2.24) is 9.97 Å². The lowest BCUT2D eigenvalue weighted by atomic mass is 9.89. The third-order valence-corrected chi connectivity index (χ3v) is 6.08. The standard InChI is InChI=1S/C23H22ClF4N5O4/c1-21(10-36-22(2,19(29)33-21)23(26,27)28)14-7-12(4-5-16(14)25)31-20(34)37-18-11(9-35-3)6-13-15(24)8-30-17(13)32-18/h4-8H,9-10H2,1-3H3,(H2,29,33)(H,30,32)(H,31,34)/i3D3,9D2. The quantitative estimate of drug-likeness (QED) is 0.384. The lowest BCUT2D eigenvalue weighted by molar-refractivity contribution is -0.249. The Balaban J connectivity index is 1.64. The summed E-state index contributed by atoms with van der Waals surface area (Å²) in [7, 11) is -3.19. The molecule has 2 aromatic heterocycles. The van der Waals surface area contributed by atoms with E-state index >= 15 is 0 Å². The van der Waals surface area contributed by atoms with Crippen LogP contribution in [-0.2, 0) is 21.6 Å². The van der Waals surface area contributed by atoms with Crippen LogP contribution in [0.25, 0.3) is 11.0 Å². The summed E-state index contributed by atoms with van der Waals surface area (Å²) in [6.07, 6.45) is -4.85. The number of H-pyrrole nitrogens is 1. The molecule has 0 spiro atoms. The van der Waals surface area contributed by atoms with Gasteiger partial charge < -0.3 is 24.9 Å². The lowest BCUT2D eigenvalue weighted by Crippen LogP contribution is -2.60. The Hall–Kier alpha value is -3.42. The zero-order chi connectivity index (χ0) is 31.5. The van der Waals surface area contributed by atoms with E-state index in [4.69, 9.17) is 33.7 Å². The average molecular weight is 549 g/mol. The highest BCUT2D eigenvalue weighted by Crippen LogP contribution is 2.41. The van der Waals surface area contributed by atoms with Crippen molar-refractivity contribution in [2.45, 2.75) is 37.7 Å². The number of fused-ring (bicyclic) bond motifs is 1. The molecule has 1 amide bonds. The summed E-state index contributed by atoms with van der Waals surface area (Å²) in [6.45, 7) is -1.76. The van der Waals surface area contributed by atoms with Crippen LogP contribution in [0.3, 0.4) is 0 Å². The van der Waals surface area contributed by atoms with Crippen LogP contribution in [0.4, 0.5) is 28.0 Å². The number of nitrogens with zero attached hydrogens (tertiary/aromatic N) is 2. The summed E-state index contributed by atoms with van der Waals surface area (Å²) >= 11 is 6.06. The molecule has 198 valence electrons. The summed E-state index contributed by atoms with van der Waals surface area (Å²) in [6, 6.07) is 4.19. The first-order chi connectivity index (χ1) is 19.2. The second-order valence-corrected chi connectivity index (χ2v) is 8.78. The molecule has 4 N–H and O–H groups in total. The molecule has 1 aliphatic heterocycles. The molecule has 1 aromatic carbocycles. The average Bonchev–Trinajstić information content (AvgIpc) is 3.19. The normalized spacial score (nSPS) is 24.8. The number of rotatable bonds is 5. The van der Waals surface area contributed by atoms with Crippen molar-refractivity contribution in [1.29, 1.82) is 0 Å². The molecular weight excluding hydrogens is 522 g/mol. The molecule has 3 aromatic rings. The van der Waals surface area contributed by atoms with Crippen molar-refractivity contribution in [3.05, 3.63) is 52.4 Å². The van der Waals surface area contributed by atoms with E-state index in [0.717, 1.165) is 24.3 Å². The lowest BCUT2D eigenvalue weighted by Gasteiger charge is -2.41. The summed E-state index contributed by atoms with van der Waals surface area (Å²) in [4.78, 5) is 23.4. The highest BCUT2D eigenvalue weighted by atomic mass is 35.5. The number of carbonyl (C=O) groups is 1. The first kappa shape index (κ1) is 20.6. The van der Waals surface area contributed by atoms with Crippen LogP contribution < -0.4 is 15.8 Å². The van der Waals surface area contributed by atoms with Gasteiger partial charge in [-0.05, 0) is 38.1 Å². The van der Waals surface area contributed by atoms with Crippen molar-refractivity contribution >= 4 is 40.3 Å². The third-order valence-electron chi connectivity index (χ3n) is 5.76. The van der Waals surface area contributed by atoms with Crippen LogP contribution in [0.1, 0.15) is 31.8 Å². The number of aromatic amines is 1. The molecule has 37 heavy (non-hydrogen) atoms. The third kappa shape index (κ3) is 4.93. The molecule has 0 bridgehead atoms. The number of nitrogens with one attached hydrogen (secondary N) is 2. The minimum Gasteiger partial charge on any atom is -0.391 e. The maximum absolute atomic E-state index is 14.8. The number of hydrogen-bond acceptors (Lipinski definition) is 7. The molecule has 3 heterocycles. The Morgan fingerprint density at radius 2 is 2.16 bits per heavy atom. The summed E-state index contributed by atoms with van der Waals surface area (Å²) < 4.78 is 108. The number of halogens is 5. The number of hydrogen-bond donors (Lipinski definition) is 3. The number of aliphatic imine (C=N–C) groups is 1. The van der Waals surface area contributed by atoms with Gasteiger partial charge in [-0.15, -0.1) is 0 Å². The number of pyridine rings is 1. The highest BCUT2D eigenvalue weighted by Gasteiger charge is 2.59. The van der Waals surface area contributed by atoms with Gasteiger partial charge in [0, 0.05) is 35.4 Å². The SMILES string of the molecule is [2H]C([2H])([2H])OC([2H])([2H])c1cc2c(Cl)c[nH]c2nc1OC(=O)Nc1ccc(F)c(C2(C)COC(C)(C(F)(F)F)C(N)=N2)c1. The number of amides is 1. The van der Waals surface area contributed by atoms with E-state index < -0.39 is 66.7 Å². The van der Waals surface area contributed by atoms with Gasteiger partial charge >= 0.3 is 12.3 Å². The number of carbonyl (C=O) groups excluding carboxylic acids is 1. The number of alkyl halides is 3. The Morgan fingerprint density at radius 3 is 2.84 bits per heavy atom. The Bertz CT molecular complexity index is 1590. The van der Waals surface area contributed by atoms with Gasteiger partial charge in [0.15, 0.2) is 0 Å². The number of amidine groups is 1. The molecule has 9 nitrogen and oxygen atoms in total. The van der Waals surface area contributed by atoms with Gasteiger partial charge in [0.05, 0.1) is 25.0 Å². The van der Waals surface area contributed by atoms with Gasteiger partial charge in [-0.3, -0.25) is 10.3 Å². The van der Waals surface area contributed by atoms with E-state index in [9.17, 15) is 22.4 Å². The number of aromatic nitrogens is 2. The van der Waals surface area contributed by atoms with Crippen molar-refractivity contribution in [2.75, 3.05) is 19.0 Å². The van der Waals surface area contributed by atoms with Gasteiger partial charge in [0.25, 0.3) is 0 Å². The highest BCUT2D eigenvalue weighted by molar-refractivity contribution is 6.35. The van der Waals surface area contributed by atoms with E-state index in [2.05, 4.69) is 25.0 Å². The minimum absolute atomic E-state index is 0.0619. The predicted molar refractivity (Wildman–Crippen MR) is 127 cm³/mol. The smallest absolute Gasteiger partial charge is 0.391 e. The van der Waals surface area contributed by atoms with Crippen LogP contribution in [0.15, 0.2) is 35.5 Å². The zero-order valence-corrected chi connectivity index (χ0v) is 19.8. The molecule has 0 saturated heterocycles.